The fourth-order valence-corrected chi connectivity index (χ4v) is 0.905. The van der Waals surface area contributed by atoms with E-state index in [-0.39, 0.29) is 0 Å². The maximum atomic E-state index is 5.38. The molecular formula is C7H13N3O. The minimum atomic E-state index is 0.613. The Kier molecular flexibility index (Phi) is 2.92. The molecule has 1 rings (SSSR count). The van der Waals surface area contributed by atoms with Crippen LogP contribution in [0.5, 0.6) is 5.75 Å². The van der Waals surface area contributed by atoms with Crippen LogP contribution < -0.4 is 10.5 Å². The number of rotatable bonds is 4. The number of nitrogens with one attached hydrogen (secondary N) is 1. The molecule has 0 fully saturated rings. The van der Waals surface area contributed by atoms with Gasteiger partial charge in [-0.2, -0.15) is 5.10 Å². The molecule has 0 amide bonds. The average molecular weight is 155 g/mol. The van der Waals surface area contributed by atoms with Crippen molar-refractivity contribution in [2.24, 2.45) is 5.73 Å². The molecule has 1 heterocycles. The van der Waals surface area contributed by atoms with Gasteiger partial charge in [-0.15, -0.1) is 0 Å². The van der Waals surface area contributed by atoms with Gasteiger partial charge >= 0.3 is 0 Å². The molecule has 4 nitrogen and oxygen atoms in total. The fraction of sp³-hybridized carbons (Fsp3) is 0.571. The van der Waals surface area contributed by atoms with Gasteiger partial charge in [-0.05, 0) is 13.5 Å². The molecule has 0 atom stereocenters. The van der Waals surface area contributed by atoms with Gasteiger partial charge in [-0.1, -0.05) is 0 Å². The van der Waals surface area contributed by atoms with E-state index in [0.717, 1.165) is 17.9 Å². The number of nitrogens with two attached hydrogens (primary N) is 1. The lowest BCUT2D eigenvalue weighted by molar-refractivity contribution is 0.336. The van der Waals surface area contributed by atoms with E-state index < -0.39 is 0 Å². The average Bonchev–Trinajstić information content (AvgIpc) is 2.39. The zero-order valence-corrected chi connectivity index (χ0v) is 6.63. The van der Waals surface area contributed by atoms with Crippen molar-refractivity contribution in [1.82, 2.24) is 10.2 Å². The Morgan fingerprint density at radius 1 is 1.73 bits per heavy atom. The van der Waals surface area contributed by atoms with Crippen LogP contribution in [0.4, 0.5) is 0 Å². The minimum Gasteiger partial charge on any atom is -0.490 e. The van der Waals surface area contributed by atoms with Crippen molar-refractivity contribution in [2.45, 2.75) is 13.3 Å². The summed E-state index contributed by atoms with van der Waals surface area (Å²) in [6.07, 6.45) is 2.46. The Morgan fingerprint density at radius 3 is 3.18 bits per heavy atom. The predicted octanol–water partition coefficient (Wildman–Crippen LogP) is 0.310. The van der Waals surface area contributed by atoms with Crippen LogP contribution in [0, 0.1) is 0 Å². The summed E-state index contributed by atoms with van der Waals surface area (Å²) in [4.78, 5) is 0. The molecule has 3 N–H and O–H groups in total. The second-order valence-electron chi connectivity index (χ2n) is 2.18. The lowest BCUT2D eigenvalue weighted by Crippen LogP contribution is -2.04. The maximum absolute atomic E-state index is 5.38. The Bertz CT molecular complexity index is 189. The van der Waals surface area contributed by atoms with Crippen molar-refractivity contribution in [3.05, 3.63) is 11.9 Å². The molecule has 11 heavy (non-hydrogen) atoms. The molecule has 1 aromatic rings. The molecule has 0 bridgehead atoms. The van der Waals surface area contributed by atoms with Gasteiger partial charge in [0.05, 0.1) is 18.5 Å². The second-order valence-corrected chi connectivity index (χ2v) is 2.18. The first-order chi connectivity index (χ1) is 5.38. The van der Waals surface area contributed by atoms with E-state index in [1.165, 1.54) is 0 Å². The summed E-state index contributed by atoms with van der Waals surface area (Å²) >= 11 is 0. The van der Waals surface area contributed by atoms with Crippen LogP contribution in [-0.2, 0) is 6.42 Å². The summed E-state index contributed by atoms with van der Waals surface area (Å²) in [6.45, 7) is 3.22. The second kappa shape index (κ2) is 3.98. The first-order valence-corrected chi connectivity index (χ1v) is 3.73. The molecule has 0 aliphatic rings. The van der Waals surface area contributed by atoms with Crippen LogP contribution >= 0.6 is 0 Å². The smallest absolute Gasteiger partial charge is 0.160 e. The van der Waals surface area contributed by atoms with Gasteiger partial charge in [0.25, 0.3) is 0 Å². The molecule has 0 unspecified atom stereocenters. The van der Waals surface area contributed by atoms with E-state index in [2.05, 4.69) is 10.2 Å². The van der Waals surface area contributed by atoms with Crippen LogP contribution in [0.1, 0.15) is 12.6 Å². The third kappa shape index (κ3) is 1.94. The molecule has 1 aromatic heterocycles. The van der Waals surface area contributed by atoms with Crippen molar-refractivity contribution in [1.29, 1.82) is 0 Å². The monoisotopic (exact) mass is 155 g/mol. The molecule has 0 aliphatic carbocycles. The molecule has 0 saturated carbocycles. The molecule has 0 saturated heterocycles. The maximum Gasteiger partial charge on any atom is 0.160 e. The Labute approximate surface area is 65.7 Å². The van der Waals surface area contributed by atoms with Crippen LogP contribution in [0.15, 0.2) is 6.20 Å². The summed E-state index contributed by atoms with van der Waals surface area (Å²) < 4.78 is 5.28. The van der Waals surface area contributed by atoms with Gasteiger partial charge < -0.3 is 10.5 Å². The van der Waals surface area contributed by atoms with Gasteiger partial charge in [0.15, 0.2) is 5.75 Å². The zero-order valence-electron chi connectivity index (χ0n) is 6.63. The van der Waals surface area contributed by atoms with Crippen LogP contribution in [0.25, 0.3) is 0 Å². The van der Waals surface area contributed by atoms with E-state index in [9.17, 15) is 0 Å². The third-order valence-corrected chi connectivity index (χ3v) is 1.37. The quantitative estimate of drug-likeness (QED) is 0.657. The lowest BCUT2D eigenvalue weighted by atomic mass is 10.3. The molecule has 0 radical (unpaired) electrons. The van der Waals surface area contributed by atoms with Gasteiger partial charge in [0, 0.05) is 6.42 Å². The van der Waals surface area contributed by atoms with E-state index in [1.807, 2.05) is 6.92 Å². The van der Waals surface area contributed by atoms with Gasteiger partial charge in [-0.3, -0.25) is 5.10 Å². The Balaban J connectivity index is 2.62. The third-order valence-electron chi connectivity index (χ3n) is 1.37. The first-order valence-electron chi connectivity index (χ1n) is 3.73. The number of aromatic amines is 1. The fourth-order valence-electron chi connectivity index (χ4n) is 0.905. The van der Waals surface area contributed by atoms with Crippen molar-refractivity contribution in [3.8, 4) is 5.75 Å². The molecule has 0 spiro atoms. The van der Waals surface area contributed by atoms with Crippen molar-refractivity contribution < 1.29 is 4.74 Å². The van der Waals surface area contributed by atoms with Crippen molar-refractivity contribution in [3.63, 3.8) is 0 Å². The highest BCUT2D eigenvalue weighted by Crippen LogP contribution is 2.14. The summed E-state index contributed by atoms with van der Waals surface area (Å²) in [5.74, 6) is 0.818. The van der Waals surface area contributed by atoms with Gasteiger partial charge in [0.2, 0.25) is 0 Å². The number of hydrogen-bond acceptors (Lipinski definition) is 3. The van der Waals surface area contributed by atoms with E-state index in [4.69, 9.17) is 10.5 Å². The first kappa shape index (κ1) is 8.07. The largest absolute Gasteiger partial charge is 0.490 e. The standard InChI is InChI=1S/C7H13N3O/c1-2-11-7-5-9-10-6(7)3-4-8/h5H,2-4,8H2,1H3,(H,9,10). The van der Waals surface area contributed by atoms with Crippen molar-refractivity contribution in [2.75, 3.05) is 13.2 Å². The summed E-state index contributed by atoms with van der Waals surface area (Å²) in [5.41, 5.74) is 6.36. The number of nitrogens with zero attached hydrogens (tertiary/aromatic N) is 1. The van der Waals surface area contributed by atoms with E-state index >= 15 is 0 Å². The molecule has 0 aromatic carbocycles. The van der Waals surface area contributed by atoms with E-state index in [1.54, 1.807) is 6.20 Å². The summed E-state index contributed by atoms with van der Waals surface area (Å²) in [5, 5.41) is 6.69. The Morgan fingerprint density at radius 2 is 2.55 bits per heavy atom. The van der Waals surface area contributed by atoms with E-state index in [0.29, 0.717) is 13.2 Å². The zero-order chi connectivity index (χ0) is 8.10. The highest BCUT2D eigenvalue weighted by atomic mass is 16.5. The van der Waals surface area contributed by atoms with Gasteiger partial charge in [0.1, 0.15) is 0 Å². The number of aromatic nitrogens is 2. The van der Waals surface area contributed by atoms with Crippen LogP contribution in [0.2, 0.25) is 0 Å². The topological polar surface area (TPSA) is 63.9 Å². The summed E-state index contributed by atoms with van der Waals surface area (Å²) in [6, 6.07) is 0. The number of hydrogen-bond donors (Lipinski definition) is 2. The molecule has 0 aliphatic heterocycles. The minimum absolute atomic E-state index is 0.613. The SMILES string of the molecule is CCOc1cn[nH]c1CCN. The molecule has 4 heteroatoms. The van der Waals surface area contributed by atoms with Crippen LogP contribution in [-0.4, -0.2) is 23.3 Å². The van der Waals surface area contributed by atoms with Gasteiger partial charge in [-0.25, -0.2) is 0 Å². The lowest BCUT2D eigenvalue weighted by Gasteiger charge is -2.00. The highest BCUT2D eigenvalue weighted by molar-refractivity contribution is 5.23. The number of ether oxygens (including phenoxy) is 1. The molecule has 62 valence electrons. The van der Waals surface area contributed by atoms with Crippen LogP contribution in [0.3, 0.4) is 0 Å². The Hall–Kier alpha value is -1.03. The number of H-pyrrole nitrogens is 1. The van der Waals surface area contributed by atoms with Crippen molar-refractivity contribution >= 4 is 0 Å². The highest BCUT2D eigenvalue weighted by Gasteiger charge is 2.02. The normalized spacial score (nSPS) is 10.0. The predicted molar refractivity (Wildman–Crippen MR) is 42.5 cm³/mol. The molecular weight excluding hydrogens is 142 g/mol. The summed E-state index contributed by atoms with van der Waals surface area (Å²) in [7, 11) is 0.